The van der Waals surface area contributed by atoms with Gasteiger partial charge in [0.2, 0.25) is 0 Å². The average Bonchev–Trinajstić information content (AvgIpc) is 3.07. The van der Waals surface area contributed by atoms with Crippen LogP contribution in [0.1, 0.15) is 55.4 Å². The smallest absolute Gasteiger partial charge is 0.413 e. The molecule has 2 aromatic carbocycles. The lowest BCUT2D eigenvalue weighted by atomic mass is 10.2. The van der Waals surface area contributed by atoms with Gasteiger partial charge in [-0.2, -0.15) is 0 Å². The van der Waals surface area contributed by atoms with E-state index in [1.54, 1.807) is 4.90 Å². The lowest BCUT2D eigenvalue weighted by molar-refractivity contribution is -0.0610. The van der Waals surface area contributed by atoms with E-state index >= 15 is 0 Å². The van der Waals surface area contributed by atoms with Gasteiger partial charge in [-0.15, -0.1) is 0 Å². The largest absolute Gasteiger partial charge is 0.444 e. The summed E-state index contributed by atoms with van der Waals surface area (Å²) in [6.45, 7) is 17.1. The van der Waals surface area contributed by atoms with E-state index in [0.717, 1.165) is 0 Å². The van der Waals surface area contributed by atoms with Gasteiger partial charge in [0.05, 0.1) is 19.3 Å². The summed E-state index contributed by atoms with van der Waals surface area (Å²) in [6.07, 6.45) is 3.66. The molecule has 1 aliphatic heterocycles. The third-order valence-electron chi connectivity index (χ3n) is 6.28. The highest BCUT2D eigenvalue weighted by molar-refractivity contribution is 6.99. The topological polar surface area (TPSA) is 48.0 Å². The Bertz CT molecular complexity index is 967. The number of nitrogens with zero attached hydrogens (tertiary/aromatic N) is 1. The molecule has 0 radical (unpaired) electrons. The lowest BCUT2D eigenvalue weighted by Gasteiger charge is -2.42. The van der Waals surface area contributed by atoms with Gasteiger partial charge in [0.15, 0.2) is 0 Å². The molecular formula is C29H41NO4Si. The maximum Gasteiger partial charge on any atom is 0.413 e. The van der Waals surface area contributed by atoms with E-state index < -0.39 is 19.6 Å². The van der Waals surface area contributed by atoms with Gasteiger partial charge < -0.3 is 13.9 Å². The quantitative estimate of drug-likeness (QED) is 0.393. The Morgan fingerprint density at radius 1 is 1.00 bits per heavy atom. The van der Waals surface area contributed by atoms with Crippen molar-refractivity contribution in [1.82, 2.24) is 4.90 Å². The number of benzene rings is 2. The van der Waals surface area contributed by atoms with Gasteiger partial charge in [-0.1, -0.05) is 93.6 Å². The van der Waals surface area contributed by atoms with Crippen molar-refractivity contribution in [2.45, 2.75) is 77.8 Å². The monoisotopic (exact) mass is 495 g/mol. The maximum absolute atomic E-state index is 12.9. The molecule has 1 amide bonds. The molecule has 0 aromatic heterocycles. The first-order valence-electron chi connectivity index (χ1n) is 12.4. The van der Waals surface area contributed by atoms with Gasteiger partial charge in [-0.05, 0) is 50.0 Å². The molecule has 0 spiro atoms. The molecule has 5 nitrogen and oxygen atoms in total. The van der Waals surface area contributed by atoms with Crippen molar-refractivity contribution in [1.29, 1.82) is 0 Å². The second kappa shape index (κ2) is 10.3. The number of carbonyl (C=O) groups excluding carboxylic acids is 1. The second-order valence-corrected chi connectivity index (χ2v) is 15.9. The fourth-order valence-electron chi connectivity index (χ4n) is 4.79. The van der Waals surface area contributed by atoms with Crippen LogP contribution in [0.2, 0.25) is 5.04 Å². The zero-order valence-electron chi connectivity index (χ0n) is 22.5. The van der Waals surface area contributed by atoms with E-state index in [0.29, 0.717) is 13.2 Å². The van der Waals surface area contributed by atoms with Crippen LogP contribution in [0.5, 0.6) is 0 Å². The van der Waals surface area contributed by atoms with Crippen molar-refractivity contribution in [3.63, 3.8) is 0 Å². The zero-order chi connectivity index (χ0) is 25.9. The molecule has 6 heteroatoms. The van der Waals surface area contributed by atoms with Gasteiger partial charge in [-0.3, -0.25) is 4.90 Å². The zero-order valence-corrected chi connectivity index (χ0v) is 23.5. The molecule has 1 fully saturated rings. The first kappa shape index (κ1) is 27.2. The highest BCUT2D eigenvalue weighted by Crippen LogP contribution is 2.37. The predicted octanol–water partition coefficient (Wildman–Crippen LogP) is 5.49. The number of carbonyl (C=O) groups is 1. The molecule has 0 unspecified atom stereocenters. The SMILES string of the molecule is CC(C)(C)OC(=O)N1[C@H](/C=C/CO[Si](c2ccccc2)(c2ccccc2)C(C)(C)C)COC1(C)C. The van der Waals surface area contributed by atoms with Gasteiger partial charge >= 0.3 is 6.09 Å². The average molecular weight is 496 g/mol. The maximum atomic E-state index is 12.9. The van der Waals surface area contributed by atoms with E-state index in [-0.39, 0.29) is 17.2 Å². The van der Waals surface area contributed by atoms with Crippen molar-refractivity contribution in [2.75, 3.05) is 13.2 Å². The standard InChI is InChI=1S/C29H41NO4Si/c1-27(2,3)34-26(31)30-23(22-32-29(30,7)8)16-15-21-33-35(28(4,5)6,24-17-11-9-12-18-24)25-19-13-10-14-20-25/h9-20,23H,21-22H2,1-8H3/b16-15+/t23-/m1/s1. The summed E-state index contributed by atoms with van der Waals surface area (Å²) in [5.74, 6) is 0. The van der Waals surface area contributed by atoms with Crippen LogP contribution in [0, 0.1) is 0 Å². The van der Waals surface area contributed by atoms with Crippen LogP contribution >= 0.6 is 0 Å². The number of hydrogen-bond donors (Lipinski definition) is 0. The van der Waals surface area contributed by atoms with E-state index in [2.05, 4.69) is 69.3 Å². The molecule has 190 valence electrons. The Kier molecular flexibility index (Phi) is 7.99. The number of ether oxygens (including phenoxy) is 2. The molecule has 0 saturated carbocycles. The van der Waals surface area contributed by atoms with Crippen molar-refractivity contribution in [3.05, 3.63) is 72.8 Å². The third kappa shape index (κ3) is 6.05. The number of hydrogen-bond acceptors (Lipinski definition) is 4. The summed E-state index contributed by atoms with van der Waals surface area (Å²) in [6, 6.07) is 21.0. The Balaban J connectivity index is 1.87. The molecule has 0 N–H and O–H groups in total. The Hall–Kier alpha value is -2.41. The van der Waals surface area contributed by atoms with Crippen molar-refractivity contribution in [2.24, 2.45) is 0 Å². The summed E-state index contributed by atoms with van der Waals surface area (Å²) in [4.78, 5) is 14.6. The summed E-state index contributed by atoms with van der Waals surface area (Å²) >= 11 is 0. The van der Waals surface area contributed by atoms with Crippen LogP contribution in [-0.2, 0) is 13.9 Å². The van der Waals surface area contributed by atoms with Crippen LogP contribution < -0.4 is 10.4 Å². The fourth-order valence-corrected chi connectivity index (χ4v) is 9.29. The minimum atomic E-state index is -2.61. The van der Waals surface area contributed by atoms with Crippen molar-refractivity contribution < 1.29 is 18.7 Å². The Morgan fingerprint density at radius 2 is 1.51 bits per heavy atom. The molecule has 1 atom stereocenters. The first-order chi connectivity index (χ1) is 16.3. The molecule has 3 rings (SSSR count). The van der Waals surface area contributed by atoms with E-state index in [4.69, 9.17) is 13.9 Å². The molecule has 35 heavy (non-hydrogen) atoms. The van der Waals surface area contributed by atoms with Gasteiger partial charge in [0.25, 0.3) is 8.32 Å². The minimum absolute atomic E-state index is 0.0927. The van der Waals surface area contributed by atoms with Crippen molar-refractivity contribution >= 4 is 24.8 Å². The van der Waals surface area contributed by atoms with Crippen LogP contribution in [0.25, 0.3) is 0 Å². The molecule has 1 heterocycles. The molecule has 1 aliphatic rings. The molecule has 2 aromatic rings. The Labute approximate surface area is 212 Å². The molecular weight excluding hydrogens is 454 g/mol. The summed E-state index contributed by atoms with van der Waals surface area (Å²) in [5.41, 5.74) is -1.31. The highest BCUT2D eigenvalue weighted by atomic mass is 28.4. The minimum Gasteiger partial charge on any atom is -0.444 e. The van der Waals surface area contributed by atoms with Gasteiger partial charge in [0, 0.05) is 0 Å². The number of amides is 1. The number of rotatable bonds is 6. The van der Waals surface area contributed by atoms with E-state index in [1.807, 2.05) is 58.9 Å². The van der Waals surface area contributed by atoms with Crippen LogP contribution in [-0.4, -0.2) is 49.9 Å². The van der Waals surface area contributed by atoms with E-state index in [9.17, 15) is 4.79 Å². The molecule has 0 bridgehead atoms. The summed E-state index contributed by atoms with van der Waals surface area (Å²) < 4.78 is 18.5. The molecule has 0 aliphatic carbocycles. The predicted molar refractivity (Wildman–Crippen MR) is 145 cm³/mol. The van der Waals surface area contributed by atoms with Crippen molar-refractivity contribution in [3.8, 4) is 0 Å². The molecule has 1 saturated heterocycles. The first-order valence-corrected chi connectivity index (χ1v) is 14.3. The summed E-state index contributed by atoms with van der Waals surface area (Å²) in [5, 5.41) is 2.39. The fraction of sp³-hybridized carbons (Fsp3) is 0.483. The normalized spacial score (nSPS) is 18.7. The van der Waals surface area contributed by atoms with Gasteiger partial charge in [0.1, 0.15) is 11.3 Å². The lowest BCUT2D eigenvalue weighted by Crippen LogP contribution is -2.66. The third-order valence-corrected chi connectivity index (χ3v) is 11.3. The summed E-state index contributed by atoms with van der Waals surface area (Å²) in [7, 11) is -2.61. The second-order valence-electron chi connectivity index (χ2n) is 11.6. The Morgan fingerprint density at radius 3 is 1.97 bits per heavy atom. The van der Waals surface area contributed by atoms with E-state index in [1.165, 1.54) is 10.4 Å². The van der Waals surface area contributed by atoms with Crippen LogP contribution in [0.4, 0.5) is 4.79 Å². The van der Waals surface area contributed by atoms with Crippen LogP contribution in [0.15, 0.2) is 72.8 Å². The van der Waals surface area contributed by atoms with Gasteiger partial charge in [-0.25, -0.2) is 4.79 Å². The van der Waals surface area contributed by atoms with Crippen LogP contribution in [0.3, 0.4) is 0 Å². The highest BCUT2D eigenvalue weighted by Gasteiger charge is 2.50.